The third kappa shape index (κ3) is 3.28. The van der Waals surface area contributed by atoms with Crippen molar-refractivity contribution in [2.75, 3.05) is 5.32 Å². The van der Waals surface area contributed by atoms with Gasteiger partial charge in [-0.25, -0.2) is 0 Å². The second-order valence-electron chi connectivity index (χ2n) is 5.10. The lowest BCUT2D eigenvalue weighted by atomic mass is 10.1. The number of aryl methyl sites for hydroxylation is 2. The first kappa shape index (κ1) is 13.4. The molecule has 0 aliphatic heterocycles. The second-order valence-corrected chi connectivity index (χ2v) is 5.10. The first-order valence-electron chi connectivity index (χ1n) is 6.91. The van der Waals surface area contributed by atoms with Gasteiger partial charge in [0.1, 0.15) is 0 Å². The Hall–Kier alpha value is -2.62. The quantitative estimate of drug-likeness (QED) is 0.785. The van der Waals surface area contributed by atoms with Crippen molar-refractivity contribution in [3.63, 3.8) is 0 Å². The molecule has 0 amide bonds. The molecule has 106 valence electrons. The average molecular weight is 279 g/mol. The Morgan fingerprint density at radius 3 is 2.38 bits per heavy atom. The van der Waals surface area contributed by atoms with Gasteiger partial charge in [-0.1, -0.05) is 24.3 Å². The monoisotopic (exact) mass is 279 g/mol. The van der Waals surface area contributed by atoms with Crippen molar-refractivity contribution < 1.29 is 4.42 Å². The number of benzene rings is 2. The maximum Gasteiger partial charge on any atom is 0.247 e. The number of anilines is 1. The van der Waals surface area contributed by atoms with E-state index in [9.17, 15) is 0 Å². The lowest BCUT2D eigenvalue weighted by Crippen LogP contribution is -2.00. The minimum absolute atomic E-state index is 0.517. The van der Waals surface area contributed by atoms with Crippen LogP contribution in [-0.4, -0.2) is 10.2 Å². The topological polar surface area (TPSA) is 51.0 Å². The van der Waals surface area contributed by atoms with E-state index in [0.29, 0.717) is 18.3 Å². The lowest BCUT2D eigenvalue weighted by Gasteiger charge is -2.06. The molecule has 0 spiro atoms. The molecule has 4 heteroatoms. The highest BCUT2D eigenvalue weighted by Gasteiger charge is 2.07. The highest BCUT2D eigenvalue weighted by atomic mass is 16.4. The molecule has 3 aromatic rings. The van der Waals surface area contributed by atoms with Crippen LogP contribution in [0.5, 0.6) is 0 Å². The smallest absolute Gasteiger partial charge is 0.247 e. The highest BCUT2D eigenvalue weighted by molar-refractivity contribution is 5.52. The van der Waals surface area contributed by atoms with E-state index in [4.69, 9.17) is 4.42 Å². The molecular formula is C17H17N3O. The van der Waals surface area contributed by atoms with E-state index in [1.807, 2.05) is 30.3 Å². The largest absolute Gasteiger partial charge is 0.419 e. The molecule has 0 aliphatic rings. The van der Waals surface area contributed by atoms with Crippen molar-refractivity contribution >= 4 is 5.69 Å². The molecule has 0 saturated carbocycles. The fraction of sp³-hybridized carbons (Fsp3) is 0.176. The predicted molar refractivity (Wildman–Crippen MR) is 83.0 cm³/mol. The van der Waals surface area contributed by atoms with Gasteiger partial charge in [-0.3, -0.25) is 0 Å². The summed E-state index contributed by atoms with van der Waals surface area (Å²) in [7, 11) is 0. The zero-order valence-electron chi connectivity index (χ0n) is 12.1. The SMILES string of the molecule is Cc1cc(C)cc(NCc2nnc(-c3ccccc3)o2)c1. The summed E-state index contributed by atoms with van der Waals surface area (Å²) in [5.41, 5.74) is 4.45. The Kier molecular flexibility index (Phi) is 3.69. The third-order valence-electron chi connectivity index (χ3n) is 3.15. The maximum atomic E-state index is 5.67. The Balaban J connectivity index is 1.70. The molecular weight excluding hydrogens is 262 g/mol. The standard InChI is InChI=1S/C17H17N3O/c1-12-8-13(2)10-15(9-12)18-11-16-19-20-17(21-16)14-6-4-3-5-7-14/h3-10,18H,11H2,1-2H3. The van der Waals surface area contributed by atoms with Crippen LogP contribution in [0.3, 0.4) is 0 Å². The molecule has 0 fully saturated rings. The van der Waals surface area contributed by atoms with Crippen molar-refractivity contribution in [1.82, 2.24) is 10.2 Å². The molecule has 0 unspecified atom stereocenters. The Bertz CT molecular complexity index is 715. The van der Waals surface area contributed by atoms with E-state index in [2.05, 4.69) is 47.6 Å². The van der Waals surface area contributed by atoms with Gasteiger partial charge in [0, 0.05) is 11.3 Å². The summed E-state index contributed by atoms with van der Waals surface area (Å²) in [5, 5.41) is 11.5. The van der Waals surface area contributed by atoms with Crippen molar-refractivity contribution in [2.45, 2.75) is 20.4 Å². The molecule has 0 saturated heterocycles. The number of hydrogen-bond donors (Lipinski definition) is 1. The van der Waals surface area contributed by atoms with Crippen LogP contribution >= 0.6 is 0 Å². The molecule has 2 aromatic carbocycles. The van der Waals surface area contributed by atoms with Crippen molar-refractivity contribution in [3.05, 3.63) is 65.5 Å². The zero-order valence-corrected chi connectivity index (χ0v) is 12.1. The Morgan fingerprint density at radius 2 is 1.67 bits per heavy atom. The van der Waals surface area contributed by atoms with Crippen LogP contribution in [0.25, 0.3) is 11.5 Å². The van der Waals surface area contributed by atoms with Crippen LogP contribution < -0.4 is 5.32 Å². The number of nitrogens with one attached hydrogen (secondary N) is 1. The van der Waals surface area contributed by atoms with E-state index >= 15 is 0 Å². The van der Waals surface area contributed by atoms with Gasteiger partial charge >= 0.3 is 0 Å². The molecule has 21 heavy (non-hydrogen) atoms. The molecule has 0 atom stereocenters. The normalized spacial score (nSPS) is 10.6. The third-order valence-corrected chi connectivity index (χ3v) is 3.15. The van der Waals surface area contributed by atoms with Crippen molar-refractivity contribution in [3.8, 4) is 11.5 Å². The van der Waals surface area contributed by atoms with Crippen LogP contribution in [0.1, 0.15) is 17.0 Å². The first-order chi connectivity index (χ1) is 10.2. The van der Waals surface area contributed by atoms with Crippen LogP contribution in [0.2, 0.25) is 0 Å². The number of nitrogens with zero attached hydrogens (tertiary/aromatic N) is 2. The number of aromatic nitrogens is 2. The fourth-order valence-corrected chi connectivity index (χ4v) is 2.28. The van der Waals surface area contributed by atoms with E-state index in [1.54, 1.807) is 0 Å². The number of hydrogen-bond acceptors (Lipinski definition) is 4. The van der Waals surface area contributed by atoms with Crippen LogP contribution in [0.4, 0.5) is 5.69 Å². The van der Waals surface area contributed by atoms with Gasteiger partial charge in [0.2, 0.25) is 11.8 Å². The van der Waals surface area contributed by atoms with Gasteiger partial charge in [-0.05, 0) is 49.2 Å². The molecule has 1 aromatic heterocycles. The van der Waals surface area contributed by atoms with Crippen LogP contribution in [0.15, 0.2) is 52.9 Å². The Morgan fingerprint density at radius 1 is 0.952 bits per heavy atom. The molecule has 1 N–H and O–H groups in total. The van der Waals surface area contributed by atoms with Gasteiger partial charge in [-0.2, -0.15) is 0 Å². The summed E-state index contributed by atoms with van der Waals surface area (Å²) in [6, 6.07) is 16.1. The minimum Gasteiger partial charge on any atom is -0.419 e. The molecule has 0 bridgehead atoms. The van der Waals surface area contributed by atoms with Gasteiger partial charge in [0.05, 0.1) is 6.54 Å². The van der Waals surface area contributed by atoms with Crippen molar-refractivity contribution in [1.29, 1.82) is 0 Å². The summed E-state index contributed by atoms with van der Waals surface area (Å²) in [5.74, 6) is 1.13. The van der Waals surface area contributed by atoms with Crippen LogP contribution in [-0.2, 0) is 6.54 Å². The van der Waals surface area contributed by atoms with E-state index in [0.717, 1.165) is 11.3 Å². The number of rotatable bonds is 4. The minimum atomic E-state index is 0.517. The summed E-state index contributed by atoms with van der Waals surface area (Å²) in [4.78, 5) is 0. The van der Waals surface area contributed by atoms with E-state index in [1.165, 1.54) is 11.1 Å². The zero-order chi connectivity index (χ0) is 14.7. The van der Waals surface area contributed by atoms with Crippen LogP contribution in [0, 0.1) is 13.8 Å². The highest BCUT2D eigenvalue weighted by Crippen LogP contribution is 2.18. The van der Waals surface area contributed by atoms with E-state index < -0.39 is 0 Å². The maximum absolute atomic E-state index is 5.67. The summed E-state index contributed by atoms with van der Waals surface area (Å²) < 4.78 is 5.67. The van der Waals surface area contributed by atoms with Gasteiger partial charge in [-0.15, -0.1) is 10.2 Å². The summed E-state index contributed by atoms with van der Waals surface area (Å²) in [6.07, 6.45) is 0. The van der Waals surface area contributed by atoms with Gasteiger partial charge in [0.25, 0.3) is 0 Å². The Labute approximate surface area is 123 Å². The average Bonchev–Trinajstić information content (AvgIpc) is 2.94. The molecule has 4 nitrogen and oxygen atoms in total. The van der Waals surface area contributed by atoms with Gasteiger partial charge in [0.15, 0.2) is 0 Å². The van der Waals surface area contributed by atoms with Gasteiger partial charge < -0.3 is 9.73 Å². The predicted octanol–water partition coefficient (Wildman–Crippen LogP) is 3.97. The molecule has 0 aliphatic carbocycles. The lowest BCUT2D eigenvalue weighted by molar-refractivity contribution is 0.515. The molecule has 0 radical (unpaired) electrons. The fourth-order valence-electron chi connectivity index (χ4n) is 2.28. The molecule has 3 rings (SSSR count). The van der Waals surface area contributed by atoms with E-state index in [-0.39, 0.29) is 0 Å². The summed E-state index contributed by atoms with van der Waals surface area (Å²) in [6.45, 7) is 4.68. The first-order valence-corrected chi connectivity index (χ1v) is 6.91. The summed E-state index contributed by atoms with van der Waals surface area (Å²) >= 11 is 0. The molecule has 1 heterocycles. The second kappa shape index (κ2) is 5.79. The van der Waals surface area contributed by atoms with Crippen molar-refractivity contribution in [2.24, 2.45) is 0 Å².